The van der Waals surface area contributed by atoms with Crippen molar-refractivity contribution in [2.45, 2.75) is 20.5 Å². The number of para-hydroxylation sites is 1. The van der Waals surface area contributed by atoms with E-state index >= 15 is 0 Å². The highest BCUT2D eigenvalue weighted by molar-refractivity contribution is 5.89. The lowest BCUT2D eigenvalue weighted by Gasteiger charge is -2.11. The van der Waals surface area contributed by atoms with Crippen molar-refractivity contribution in [2.75, 3.05) is 25.1 Å². The zero-order valence-electron chi connectivity index (χ0n) is 14.8. The number of hydrogen-bond acceptors (Lipinski definition) is 3. The summed E-state index contributed by atoms with van der Waals surface area (Å²) in [5.74, 6) is 1.26. The molecule has 0 saturated heterocycles. The molecule has 0 aliphatic rings. The van der Waals surface area contributed by atoms with Crippen molar-refractivity contribution in [2.24, 2.45) is 5.92 Å². The first-order chi connectivity index (χ1) is 12.1. The molecule has 0 aliphatic carbocycles. The van der Waals surface area contributed by atoms with Gasteiger partial charge in [0.25, 0.3) is 0 Å². The molecule has 0 bridgehead atoms. The van der Waals surface area contributed by atoms with Gasteiger partial charge in [-0.05, 0) is 35.7 Å². The van der Waals surface area contributed by atoms with E-state index in [9.17, 15) is 4.79 Å². The highest BCUT2D eigenvalue weighted by atomic mass is 16.5. The van der Waals surface area contributed by atoms with Crippen LogP contribution in [0.4, 0.5) is 10.5 Å². The number of carbonyl (C=O) groups is 1. The average Bonchev–Trinajstić information content (AvgIpc) is 2.61. The minimum atomic E-state index is -0.192. The first-order valence-electron chi connectivity index (χ1n) is 8.53. The fourth-order valence-corrected chi connectivity index (χ4v) is 2.14. The maximum absolute atomic E-state index is 11.8. The van der Waals surface area contributed by atoms with Gasteiger partial charge in [0, 0.05) is 12.2 Å². The first-order valence-corrected chi connectivity index (χ1v) is 8.53. The average molecular weight is 342 g/mol. The predicted octanol–water partition coefficient (Wildman–Crippen LogP) is 4.06. The number of carbonyl (C=O) groups excluding carboxylic acids is 1. The number of benzene rings is 2. The first kappa shape index (κ1) is 18.8. The van der Waals surface area contributed by atoms with E-state index in [0.717, 1.165) is 17.0 Å². The topological polar surface area (TPSA) is 59.6 Å². The summed E-state index contributed by atoms with van der Waals surface area (Å²) < 4.78 is 11.2. The summed E-state index contributed by atoms with van der Waals surface area (Å²) in [6.45, 7) is 6.23. The molecule has 2 aromatic rings. The van der Waals surface area contributed by atoms with E-state index in [1.807, 2.05) is 54.6 Å². The van der Waals surface area contributed by atoms with Crippen LogP contribution in [0, 0.1) is 5.92 Å². The molecule has 5 heteroatoms. The van der Waals surface area contributed by atoms with Crippen molar-refractivity contribution in [1.82, 2.24) is 5.32 Å². The largest absolute Gasteiger partial charge is 0.491 e. The zero-order valence-corrected chi connectivity index (χ0v) is 14.8. The Hall–Kier alpha value is -2.53. The van der Waals surface area contributed by atoms with Crippen molar-refractivity contribution in [3.05, 3.63) is 60.2 Å². The van der Waals surface area contributed by atoms with Crippen molar-refractivity contribution in [3.63, 3.8) is 0 Å². The SMILES string of the molecule is CC(C)CNC(=O)Nc1cccc(COCCOc2ccccc2)c1. The van der Waals surface area contributed by atoms with E-state index in [1.54, 1.807) is 0 Å². The predicted molar refractivity (Wildman–Crippen MR) is 99.9 cm³/mol. The van der Waals surface area contributed by atoms with Crippen molar-refractivity contribution < 1.29 is 14.3 Å². The van der Waals surface area contributed by atoms with Gasteiger partial charge in [-0.2, -0.15) is 0 Å². The van der Waals surface area contributed by atoms with Crippen LogP contribution in [0.1, 0.15) is 19.4 Å². The van der Waals surface area contributed by atoms with Gasteiger partial charge < -0.3 is 20.1 Å². The van der Waals surface area contributed by atoms with Crippen LogP contribution in [-0.2, 0) is 11.3 Å². The van der Waals surface area contributed by atoms with E-state index < -0.39 is 0 Å². The second-order valence-corrected chi connectivity index (χ2v) is 6.14. The smallest absolute Gasteiger partial charge is 0.319 e. The summed E-state index contributed by atoms with van der Waals surface area (Å²) in [6.07, 6.45) is 0. The Labute approximate surface area is 149 Å². The van der Waals surface area contributed by atoms with Crippen molar-refractivity contribution in [3.8, 4) is 5.75 Å². The molecule has 2 rings (SSSR count). The molecule has 0 aromatic heterocycles. The van der Waals surface area contributed by atoms with Gasteiger partial charge in [0.15, 0.2) is 0 Å². The zero-order chi connectivity index (χ0) is 17.9. The fourth-order valence-electron chi connectivity index (χ4n) is 2.14. The molecule has 2 aromatic carbocycles. The molecule has 0 saturated carbocycles. The Morgan fingerprint density at radius 1 is 1.04 bits per heavy atom. The van der Waals surface area contributed by atoms with Crippen LogP contribution in [0.2, 0.25) is 0 Å². The van der Waals surface area contributed by atoms with E-state index in [0.29, 0.717) is 32.3 Å². The molecule has 134 valence electrons. The highest BCUT2D eigenvalue weighted by Crippen LogP contribution is 2.12. The molecule has 0 fully saturated rings. The van der Waals surface area contributed by atoms with E-state index in [1.165, 1.54) is 0 Å². The number of ether oxygens (including phenoxy) is 2. The van der Waals surface area contributed by atoms with Crippen LogP contribution in [0.25, 0.3) is 0 Å². The standard InChI is InChI=1S/C20H26N2O3/c1-16(2)14-21-20(23)22-18-8-6-7-17(13-18)15-24-11-12-25-19-9-4-3-5-10-19/h3-10,13,16H,11-12,14-15H2,1-2H3,(H2,21,22,23). The van der Waals surface area contributed by atoms with Crippen LogP contribution in [-0.4, -0.2) is 25.8 Å². The van der Waals surface area contributed by atoms with Gasteiger partial charge in [0.2, 0.25) is 0 Å². The molecule has 2 N–H and O–H groups in total. The van der Waals surface area contributed by atoms with Crippen LogP contribution in [0.15, 0.2) is 54.6 Å². The van der Waals surface area contributed by atoms with E-state index in [-0.39, 0.29) is 6.03 Å². The lowest BCUT2D eigenvalue weighted by molar-refractivity contribution is 0.0889. The normalized spacial score (nSPS) is 10.5. The number of amides is 2. The minimum Gasteiger partial charge on any atom is -0.491 e. The number of nitrogens with one attached hydrogen (secondary N) is 2. The molecule has 0 atom stereocenters. The summed E-state index contributed by atoms with van der Waals surface area (Å²) in [4.78, 5) is 11.8. The lowest BCUT2D eigenvalue weighted by Crippen LogP contribution is -2.31. The van der Waals surface area contributed by atoms with Crippen LogP contribution in [0.3, 0.4) is 0 Å². The Balaban J connectivity index is 1.69. The van der Waals surface area contributed by atoms with Gasteiger partial charge in [-0.3, -0.25) is 0 Å². The van der Waals surface area contributed by atoms with Gasteiger partial charge in [0.1, 0.15) is 12.4 Å². The Kier molecular flexibility index (Phi) is 7.79. The number of anilines is 1. The molecule has 0 radical (unpaired) electrons. The molecule has 0 aliphatic heterocycles. The third-order valence-corrected chi connectivity index (χ3v) is 3.36. The third-order valence-electron chi connectivity index (χ3n) is 3.36. The molecule has 0 unspecified atom stereocenters. The summed E-state index contributed by atoms with van der Waals surface area (Å²) >= 11 is 0. The molecule has 5 nitrogen and oxygen atoms in total. The molecular formula is C20H26N2O3. The summed E-state index contributed by atoms with van der Waals surface area (Å²) in [5.41, 5.74) is 1.75. The highest BCUT2D eigenvalue weighted by Gasteiger charge is 2.03. The van der Waals surface area contributed by atoms with E-state index in [4.69, 9.17) is 9.47 Å². The van der Waals surface area contributed by atoms with Crippen molar-refractivity contribution in [1.29, 1.82) is 0 Å². The quantitative estimate of drug-likeness (QED) is 0.676. The molecular weight excluding hydrogens is 316 g/mol. The summed E-state index contributed by atoms with van der Waals surface area (Å²) in [6, 6.07) is 17.1. The molecule has 25 heavy (non-hydrogen) atoms. The monoisotopic (exact) mass is 342 g/mol. The molecule has 2 amide bonds. The van der Waals surface area contributed by atoms with Crippen LogP contribution >= 0.6 is 0 Å². The van der Waals surface area contributed by atoms with Gasteiger partial charge in [-0.15, -0.1) is 0 Å². The lowest BCUT2D eigenvalue weighted by atomic mass is 10.2. The number of urea groups is 1. The Morgan fingerprint density at radius 2 is 1.84 bits per heavy atom. The van der Waals surface area contributed by atoms with E-state index in [2.05, 4.69) is 24.5 Å². The van der Waals surface area contributed by atoms with Gasteiger partial charge in [-0.25, -0.2) is 4.79 Å². The van der Waals surface area contributed by atoms with Crippen molar-refractivity contribution >= 4 is 11.7 Å². The number of rotatable bonds is 9. The number of hydrogen-bond donors (Lipinski definition) is 2. The summed E-state index contributed by atoms with van der Waals surface area (Å²) in [7, 11) is 0. The van der Waals surface area contributed by atoms with Gasteiger partial charge in [0.05, 0.1) is 13.2 Å². The van der Waals surface area contributed by atoms with Gasteiger partial charge >= 0.3 is 6.03 Å². The van der Waals surface area contributed by atoms with Gasteiger partial charge in [-0.1, -0.05) is 44.2 Å². The fraction of sp³-hybridized carbons (Fsp3) is 0.350. The third kappa shape index (κ3) is 7.72. The second kappa shape index (κ2) is 10.4. The van der Waals surface area contributed by atoms with Crippen LogP contribution in [0.5, 0.6) is 5.75 Å². The molecule has 0 spiro atoms. The Bertz CT molecular complexity index is 644. The Morgan fingerprint density at radius 3 is 2.60 bits per heavy atom. The maximum atomic E-state index is 11.8. The maximum Gasteiger partial charge on any atom is 0.319 e. The minimum absolute atomic E-state index is 0.192. The molecule has 0 heterocycles. The second-order valence-electron chi connectivity index (χ2n) is 6.14. The summed E-state index contributed by atoms with van der Waals surface area (Å²) in [5, 5.41) is 5.66. The van der Waals surface area contributed by atoms with Crippen LogP contribution < -0.4 is 15.4 Å².